The first-order chi connectivity index (χ1) is 7.74. The van der Waals surface area contributed by atoms with E-state index in [9.17, 15) is 5.11 Å². The number of aryl methyl sites for hydroxylation is 1. The molecule has 0 bridgehead atoms. The van der Waals surface area contributed by atoms with Crippen molar-refractivity contribution in [3.05, 3.63) is 23.5 Å². The maximum Gasteiger partial charge on any atom is 0.138 e. The zero-order valence-electron chi connectivity index (χ0n) is 9.66. The third-order valence-corrected chi connectivity index (χ3v) is 2.31. The topological polar surface area (TPSA) is 45.2 Å². The summed E-state index contributed by atoms with van der Waals surface area (Å²) in [6.07, 6.45) is 8.08. The van der Waals surface area contributed by atoms with Crippen LogP contribution in [0.15, 0.2) is 12.1 Å². The summed E-state index contributed by atoms with van der Waals surface area (Å²) in [6, 6.07) is 3.48. The van der Waals surface area contributed by atoms with Gasteiger partial charge in [-0.25, -0.2) is 0 Å². The van der Waals surface area contributed by atoms with Gasteiger partial charge in [-0.05, 0) is 38.4 Å². The Bertz CT molecular complexity index is 369. The molecule has 1 heterocycles. The molecular weight excluding hydrogens is 200 g/mol. The van der Waals surface area contributed by atoms with E-state index >= 15 is 0 Å². The van der Waals surface area contributed by atoms with E-state index in [1.807, 2.05) is 6.92 Å². The largest absolute Gasteiger partial charge is 0.506 e. The second-order valence-corrected chi connectivity index (χ2v) is 3.76. The van der Waals surface area contributed by atoms with Crippen LogP contribution in [-0.4, -0.2) is 16.6 Å². The molecule has 0 spiro atoms. The molecule has 0 radical (unpaired) electrons. The second kappa shape index (κ2) is 6.86. The number of pyridine rings is 1. The van der Waals surface area contributed by atoms with Crippen molar-refractivity contribution in [2.24, 2.45) is 0 Å². The average molecular weight is 218 g/mol. The highest BCUT2D eigenvalue weighted by atomic mass is 16.3. The summed E-state index contributed by atoms with van der Waals surface area (Å²) >= 11 is 0. The minimum Gasteiger partial charge on any atom is -0.506 e. The van der Waals surface area contributed by atoms with E-state index < -0.39 is 0 Å². The van der Waals surface area contributed by atoms with Gasteiger partial charge in [0.05, 0.1) is 5.69 Å². The van der Waals surface area contributed by atoms with E-state index in [-0.39, 0.29) is 5.75 Å². The van der Waals surface area contributed by atoms with Crippen molar-refractivity contribution in [1.82, 2.24) is 10.3 Å². The van der Waals surface area contributed by atoms with E-state index in [4.69, 9.17) is 6.42 Å². The van der Waals surface area contributed by atoms with Gasteiger partial charge in [0.1, 0.15) is 5.75 Å². The van der Waals surface area contributed by atoms with Crippen LogP contribution >= 0.6 is 0 Å². The number of hydrogen-bond acceptors (Lipinski definition) is 3. The third kappa shape index (κ3) is 4.33. The van der Waals surface area contributed by atoms with E-state index in [2.05, 4.69) is 16.2 Å². The molecule has 1 rings (SSSR count). The summed E-state index contributed by atoms with van der Waals surface area (Å²) in [7, 11) is 0. The van der Waals surface area contributed by atoms with Gasteiger partial charge < -0.3 is 10.4 Å². The summed E-state index contributed by atoms with van der Waals surface area (Å²) in [5, 5.41) is 12.8. The van der Waals surface area contributed by atoms with E-state index in [1.54, 1.807) is 12.1 Å². The quantitative estimate of drug-likeness (QED) is 0.567. The predicted molar refractivity (Wildman–Crippen MR) is 65.0 cm³/mol. The first kappa shape index (κ1) is 12.5. The highest BCUT2D eigenvalue weighted by molar-refractivity contribution is 5.27. The van der Waals surface area contributed by atoms with Gasteiger partial charge in [0.25, 0.3) is 0 Å². The molecule has 0 aliphatic heterocycles. The maximum absolute atomic E-state index is 9.55. The van der Waals surface area contributed by atoms with Crippen molar-refractivity contribution in [2.75, 3.05) is 6.54 Å². The lowest BCUT2D eigenvalue weighted by molar-refractivity contribution is 0.458. The van der Waals surface area contributed by atoms with Crippen LogP contribution in [0.25, 0.3) is 0 Å². The second-order valence-electron chi connectivity index (χ2n) is 3.76. The fourth-order valence-corrected chi connectivity index (χ4v) is 1.42. The molecule has 3 nitrogen and oxygen atoms in total. The molecule has 0 saturated heterocycles. The minimum absolute atomic E-state index is 0.252. The first-order valence-electron chi connectivity index (χ1n) is 5.53. The molecule has 16 heavy (non-hydrogen) atoms. The first-order valence-corrected chi connectivity index (χ1v) is 5.53. The van der Waals surface area contributed by atoms with Crippen LogP contribution in [0.5, 0.6) is 5.75 Å². The number of hydrogen-bond donors (Lipinski definition) is 2. The maximum atomic E-state index is 9.55. The number of rotatable bonds is 6. The fourth-order valence-electron chi connectivity index (χ4n) is 1.42. The van der Waals surface area contributed by atoms with Gasteiger partial charge in [0.15, 0.2) is 0 Å². The van der Waals surface area contributed by atoms with Crippen LogP contribution in [0, 0.1) is 19.3 Å². The predicted octanol–water partition coefficient (Wildman–Crippen LogP) is 1.99. The Morgan fingerprint density at radius 2 is 2.25 bits per heavy atom. The van der Waals surface area contributed by atoms with Crippen LogP contribution in [0.2, 0.25) is 0 Å². The monoisotopic (exact) mass is 218 g/mol. The molecule has 1 aromatic heterocycles. The molecule has 0 unspecified atom stereocenters. The smallest absolute Gasteiger partial charge is 0.138 e. The van der Waals surface area contributed by atoms with Gasteiger partial charge in [0, 0.05) is 18.7 Å². The summed E-state index contributed by atoms with van der Waals surface area (Å²) in [5.74, 6) is 2.86. The van der Waals surface area contributed by atoms with E-state index in [0.29, 0.717) is 12.2 Å². The molecule has 0 atom stereocenters. The third-order valence-electron chi connectivity index (χ3n) is 2.31. The number of unbranched alkanes of at least 4 members (excludes halogenated alkanes) is 2. The van der Waals surface area contributed by atoms with Crippen molar-refractivity contribution in [1.29, 1.82) is 0 Å². The summed E-state index contributed by atoms with van der Waals surface area (Å²) in [5.41, 5.74) is 1.62. The average Bonchev–Trinajstić information content (AvgIpc) is 2.28. The molecule has 0 saturated carbocycles. The standard InChI is InChI=1S/C13H18N2O/c1-3-4-5-6-9-14-10-12-13(16)8-7-11(2)15-12/h1,7-8,14,16H,4-6,9-10H2,2H3. The highest BCUT2D eigenvalue weighted by Gasteiger charge is 2.01. The fraction of sp³-hybridized carbons (Fsp3) is 0.462. The molecule has 0 aliphatic carbocycles. The number of nitrogens with one attached hydrogen (secondary N) is 1. The van der Waals surface area contributed by atoms with Crippen molar-refractivity contribution in [3.8, 4) is 18.1 Å². The number of terminal acetylenes is 1. The van der Waals surface area contributed by atoms with Gasteiger partial charge in [-0.15, -0.1) is 12.3 Å². The van der Waals surface area contributed by atoms with Crippen LogP contribution in [0.1, 0.15) is 30.7 Å². The van der Waals surface area contributed by atoms with Gasteiger partial charge >= 0.3 is 0 Å². The Labute approximate surface area is 96.9 Å². The molecule has 0 amide bonds. The van der Waals surface area contributed by atoms with Crippen LogP contribution in [0.3, 0.4) is 0 Å². The lowest BCUT2D eigenvalue weighted by Gasteiger charge is -2.06. The zero-order valence-corrected chi connectivity index (χ0v) is 9.66. The number of aromatic nitrogens is 1. The lowest BCUT2D eigenvalue weighted by atomic mass is 10.2. The molecule has 86 valence electrons. The molecule has 0 aromatic carbocycles. The Morgan fingerprint density at radius 1 is 1.44 bits per heavy atom. The molecule has 1 aromatic rings. The summed E-state index contributed by atoms with van der Waals surface area (Å²) in [6.45, 7) is 3.41. The number of nitrogens with zero attached hydrogens (tertiary/aromatic N) is 1. The van der Waals surface area contributed by atoms with Crippen molar-refractivity contribution in [3.63, 3.8) is 0 Å². The van der Waals surface area contributed by atoms with Crippen LogP contribution < -0.4 is 5.32 Å². The van der Waals surface area contributed by atoms with Gasteiger partial charge in [-0.2, -0.15) is 0 Å². The molecule has 2 N–H and O–H groups in total. The zero-order chi connectivity index (χ0) is 11.8. The van der Waals surface area contributed by atoms with Gasteiger partial charge in [-0.1, -0.05) is 0 Å². The van der Waals surface area contributed by atoms with Gasteiger partial charge in [0.2, 0.25) is 0 Å². The molecular formula is C13H18N2O. The van der Waals surface area contributed by atoms with Crippen molar-refractivity contribution < 1.29 is 5.11 Å². The Morgan fingerprint density at radius 3 is 3.00 bits per heavy atom. The Hall–Kier alpha value is -1.53. The molecule has 0 aliphatic rings. The minimum atomic E-state index is 0.252. The van der Waals surface area contributed by atoms with E-state index in [0.717, 1.165) is 31.5 Å². The SMILES string of the molecule is C#CCCCCNCc1nc(C)ccc1O. The lowest BCUT2D eigenvalue weighted by Crippen LogP contribution is -2.15. The normalized spacial score (nSPS) is 10.0. The van der Waals surface area contributed by atoms with Crippen LogP contribution in [0.4, 0.5) is 0 Å². The number of aromatic hydroxyl groups is 1. The highest BCUT2D eigenvalue weighted by Crippen LogP contribution is 2.13. The molecule has 3 heteroatoms. The molecule has 0 fully saturated rings. The van der Waals surface area contributed by atoms with Crippen molar-refractivity contribution >= 4 is 0 Å². The van der Waals surface area contributed by atoms with Crippen molar-refractivity contribution in [2.45, 2.75) is 32.7 Å². The summed E-state index contributed by atoms with van der Waals surface area (Å²) in [4.78, 5) is 4.26. The Balaban J connectivity index is 2.27. The summed E-state index contributed by atoms with van der Waals surface area (Å²) < 4.78 is 0. The van der Waals surface area contributed by atoms with Crippen LogP contribution in [-0.2, 0) is 6.54 Å². The van der Waals surface area contributed by atoms with E-state index in [1.165, 1.54) is 0 Å². The Kier molecular flexibility index (Phi) is 5.38. The van der Waals surface area contributed by atoms with Gasteiger partial charge in [-0.3, -0.25) is 4.98 Å².